The standard InChI is InChI=1S/C82H86BN3S/c1-50-40-56(53-22-16-13-17-23-53)41-51(2)76(50)86-70-47-68-67(80(8,9)38-39-81(68,10)11)46-69(70)83-74-63-45-62-52(3)55-34-35-82(12,49-55)65(62)48-73(63)87-77(74)85(61-32-33-64-66(44-61)79(6,7)37-36-78(64,4)5)71-42-57(43-72(86)75(71)83)54-28-30-60(31-29-54)84(58-24-18-14-19-25-58)59-26-20-15-21-27-59/h13-28,30,32-33,40-48,52,55,63,73H,29,31,34-39,49H2,1-12H3. The molecule has 438 valence electrons. The molecular formula is C82H86BN3S. The Labute approximate surface area is 524 Å². The SMILES string of the molecule is Cc1cc(-c2ccccc2)cc(C)c1N1c2cc3c(cc2B2C4=C(SC5C=C6C(=CC45)C(C)C4CCC6(C)C4)N(c4ccc5c(c4)C(C)(C)CCC5(C)C)c4cc(C5=CC=C(N(c6ccccc6)c6ccccc6)CC5)cc1c42)C(C)(C)CCC3(C)C. The highest BCUT2D eigenvalue weighted by molar-refractivity contribution is 8.04. The molecule has 0 spiro atoms. The minimum atomic E-state index is 0.0167. The molecule has 2 bridgehead atoms. The maximum atomic E-state index is 2.88. The van der Waals surface area contributed by atoms with E-state index in [0.717, 1.165) is 18.8 Å². The Balaban J connectivity index is 0.996. The van der Waals surface area contributed by atoms with Gasteiger partial charge in [0.2, 0.25) is 6.71 Å². The van der Waals surface area contributed by atoms with E-state index in [9.17, 15) is 0 Å². The predicted molar refractivity (Wildman–Crippen MR) is 373 cm³/mol. The summed E-state index contributed by atoms with van der Waals surface area (Å²) in [6.45, 7) is 30.2. The highest BCUT2D eigenvalue weighted by Gasteiger charge is 2.56. The first-order valence-corrected chi connectivity index (χ1v) is 34.0. The summed E-state index contributed by atoms with van der Waals surface area (Å²) in [5.41, 5.74) is 32.6. The van der Waals surface area contributed by atoms with Crippen LogP contribution in [0, 0.1) is 37.0 Å². The van der Waals surface area contributed by atoms with Crippen LogP contribution in [0.2, 0.25) is 0 Å². The molecule has 5 heteroatoms. The fourth-order valence-corrected chi connectivity index (χ4v) is 19.9. The third-order valence-electron chi connectivity index (χ3n) is 23.5. The average molecular weight is 1160 g/mol. The van der Waals surface area contributed by atoms with Crippen molar-refractivity contribution in [3.63, 3.8) is 0 Å². The Morgan fingerprint density at radius 2 is 1.13 bits per heavy atom. The van der Waals surface area contributed by atoms with E-state index in [1.807, 2.05) is 0 Å². The summed E-state index contributed by atoms with van der Waals surface area (Å²) in [4.78, 5) is 8.13. The van der Waals surface area contributed by atoms with Crippen LogP contribution >= 0.6 is 11.8 Å². The number of benzene rings is 7. The molecule has 9 aliphatic rings. The lowest BCUT2D eigenvalue weighted by Gasteiger charge is -2.48. The number of thioether (sulfide) groups is 1. The number of nitrogens with zero attached hydrogens (tertiary/aromatic N) is 3. The van der Waals surface area contributed by atoms with Crippen LogP contribution in [-0.2, 0) is 21.7 Å². The first-order valence-electron chi connectivity index (χ1n) is 33.1. The minimum absolute atomic E-state index is 0.0167. The van der Waals surface area contributed by atoms with Gasteiger partial charge in [-0.3, -0.25) is 0 Å². The zero-order valence-electron chi connectivity index (χ0n) is 53.7. The molecule has 2 saturated carbocycles. The number of allylic oxidation sites excluding steroid dienone is 8. The summed E-state index contributed by atoms with van der Waals surface area (Å²) in [6.07, 6.45) is 21.2. The molecule has 6 aliphatic carbocycles. The van der Waals surface area contributed by atoms with Crippen molar-refractivity contribution in [3.05, 3.63) is 236 Å². The molecule has 0 radical (unpaired) electrons. The second kappa shape index (κ2) is 19.5. The normalized spacial score (nSPS) is 25.4. The van der Waals surface area contributed by atoms with Crippen LogP contribution in [-0.4, -0.2) is 12.0 Å². The number of aryl methyl sites for hydroxylation is 2. The van der Waals surface area contributed by atoms with E-state index in [1.54, 1.807) is 22.2 Å². The number of hydrogen-bond acceptors (Lipinski definition) is 4. The van der Waals surface area contributed by atoms with Crippen LogP contribution < -0.4 is 25.6 Å². The highest BCUT2D eigenvalue weighted by Crippen LogP contribution is 2.64. The van der Waals surface area contributed by atoms with Gasteiger partial charge in [0.05, 0.1) is 10.7 Å². The van der Waals surface area contributed by atoms with Gasteiger partial charge in [-0.2, -0.15) is 0 Å². The van der Waals surface area contributed by atoms with E-state index in [4.69, 9.17) is 0 Å². The number of hydrogen-bond donors (Lipinski definition) is 0. The molecule has 3 heterocycles. The van der Waals surface area contributed by atoms with E-state index >= 15 is 0 Å². The van der Waals surface area contributed by atoms with Crippen molar-refractivity contribution in [3.8, 4) is 11.1 Å². The first kappa shape index (κ1) is 55.4. The number of fused-ring (bicyclic) bond motifs is 11. The molecule has 0 aromatic heterocycles. The first-order chi connectivity index (χ1) is 41.7. The van der Waals surface area contributed by atoms with Gasteiger partial charge in [-0.1, -0.05) is 172 Å². The summed E-state index contributed by atoms with van der Waals surface area (Å²) in [5, 5.41) is 1.78. The van der Waals surface area contributed by atoms with E-state index in [-0.39, 0.29) is 39.7 Å². The van der Waals surface area contributed by atoms with E-state index in [0.29, 0.717) is 11.2 Å². The van der Waals surface area contributed by atoms with Crippen LogP contribution in [0.4, 0.5) is 39.8 Å². The van der Waals surface area contributed by atoms with Gasteiger partial charge in [-0.25, -0.2) is 0 Å². The summed E-state index contributed by atoms with van der Waals surface area (Å²) >= 11 is 2.20. The molecule has 87 heavy (non-hydrogen) atoms. The van der Waals surface area contributed by atoms with Crippen LogP contribution in [0.5, 0.6) is 0 Å². The molecule has 0 N–H and O–H groups in total. The van der Waals surface area contributed by atoms with E-state index in [2.05, 4.69) is 279 Å². The fourth-order valence-electron chi connectivity index (χ4n) is 18.4. The molecule has 5 unspecified atom stereocenters. The second-order valence-corrected chi connectivity index (χ2v) is 32.0. The summed E-state index contributed by atoms with van der Waals surface area (Å²) in [7, 11) is 0. The van der Waals surface area contributed by atoms with Gasteiger partial charge in [0.15, 0.2) is 0 Å². The Hall–Kier alpha value is -6.95. The molecule has 0 amide bonds. The molecule has 7 aromatic rings. The largest absolute Gasteiger partial charge is 0.314 e. The number of anilines is 7. The van der Waals surface area contributed by atoms with Crippen molar-refractivity contribution in [2.24, 2.45) is 23.2 Å². The Kier molecular flexibility index (Phi) is 12.4. The fraction of sp³-hybridized carbons (Fsp3) is 0.366. The van der Waals surface area contributed by atoms with Crippen LogP contribution in [0.15, 0.2) is 197 Å². The molecule has 2 fully saturated rings. The third kappa shape index (κ3) is 8.50. The van der Waals surface area contributed by atoms with Gasteiger partial charge in [0, 0.05) is 51.0 Å². The minimum Gasteiger partial charge on any atom is -0.314 e. The lowest BCUT2D eigenvalue weighted by atomic mass is 9.31. The van der Waals surface area contributed by atoms with Crippen molar-refractivity contribution in [2.45, 2.75) is 168 Å². The quantitative estimate of drug-likeness (QED) is 0.147. The van der Waals surface area contributed by atoms with E-state index in [1.165, 1.54) is 156 Å². The molecule has 0 saturated heterocycles. The number of rotatable bonds is 7. The number of para-hydroxylation sites is 2. The van der Waals surface area contributed by atoms with Crippen LogP contribution in [0.3, 0.4) is 0 Å². The Morgan fingerprint density at radius 3 is 1.75 bits per heavy atom. The molecule has 5 atom stereocenters. The van der Waals surface area contributed by atoms with Gasteiger partial charge in [-0.15, -0.1) is 11.8 Å². The van der Waals surface area contributed by atoms with Gasteiger partial charge in [0.25, 0.3) is 0 Å². The molecule has 16 rings (SSSR count). The predicted octanol–water partition coefficient (Wildman–Crippen LogP) is 20.9. The van der Waals surface area contributed by atoms with Crippen molar-refractivity contribution < 1.29 is 0 Å². The van der Waals surface area contributed by atoms with Gasteiger partial charge in [-0.05, 0) is 261 Å². The lowest BCUT2D eigenvalue weighted by molar-refractivity contribution is 0.305. The molecular weight excluding hydrogens is 1070 g/mol. The molecule has 3 nitrogen and oxygen atoms in total. The summed E-state index contributed by atoms with van der Waals surface area (Å²) < 4.78 is 0. The van der Waals surface area contributed by atoms with Crippen molar-refractivity contribution >= 4 is 74.8 Å². The van der Waals surface area contributed by atoms with Gasteiger partial charge in [0.1, 0.15) is 0 Å². The highest BCUT2D eigenvalue weighted by atomic mass is 32.2. The van der Waals surface area contributed by atoms with Gasteiger partial charge >= 0.3 is 0 Å². The summed E-state index contributed by atoms with van der Waals surface area (Å²) in [6, 6.07) is 56.6. The monoisotopic (exact) mass is 1160 g/mol. The molecule has 3 aliphatic heterocycles. The van der Waals surface area contributed by atoms with Crippen molar-refractivity contribution in [1.82, 2.24) is 0 Å². The lowest BCUT2D eigenvalue weighted by Crippen LogP contribution is -2.57. The smallest absolute Gasteiger partial charge is 0.249 e. The van der Waals surface area contributed by atoms with Crippen molar-refractivity contribution in [1.29, 1.82) is 0 Å². The summed E-state index contributed by atoms with van der Waals surface area (Å²) in [5.74, 6) is 1.59. The molecule has 7 aromatic carbocycles. The van der Waals surface area contributed by atoms with E-state index < -0.39 is 0 Å². The third-order valence-corrected chi connectivity index (χ3v) is 24.9. The van der Waals surface area contributed by atoms with Crippen LogP contribution in [0.1, 0.15) is 166 Å². The second-order valence-electron chi connectivity index (χ2n) is 30.9. The Morgan fingerprint density at radius 1 is 0.540 bits per heavy atom. The maximum absolute atomic E-state index is 2.88. The maximum Gasteiger partial charge on any atom is 0.249 e. The zero-order valence-corrected chi connectivity index (χ0v) is 54.5. The zero-order chi connectivity index (χ0) is 59.8. The van der Waals surface area contributed by atoms with Gasteiger partial charge < -0.3 is 14.7 Å². The Bertz CT molecular complexity index is 4150. The topological polar surface area (TPSA) is 9.72 Å². The van der Waals surface area contributed by atoms with Crippen molar-refractivity contribution in [2.75, 3.05) is 14.7 Å². The average Bonchev–Trinajstić information content (AvgIpc) is 1.68. The van der Waals surface area contributed by atoms with Crippen LogP contribution in [0.25, 0.3) is 16.7 Å².